The molecule has 5 nitrogen and oxygen atoms in total. The Morgan fingerprint density at radius 3 is 2.50 bits per heavy atom. The maximum absolute atomic E-state index is 12.1. The number of aliphatic imine (C=N–C) groups is 1. The third-order valence-corrected chi connectivity index (χ3v) is 3.91. The van der Waals surface area contributed by atoms with Crippen LogP contribution in [-0.4, -0.2) is 26.1 Å². The molecule has 0 saturated heterocycles. The van der Waals surface area contributed by atoms with Crippen LogP contribution < -0.4 is 9.47 Å². The highest BCUT2D eigenvalue weighted by Gasteiger charge is 2.21. The van der Waals surface area contributed by atoms with Crippen LogP contribution in [0.25, 0.3) is 12.2 Å². The van der Waals surface area contributed by atoms with Crippen LogP contribution in [0.5, 0.6) is 11.5 Å². The largest absolute Gasteiger partial charge is 0.497 e. The average Bonchev–Trinajstić information content (AvgIpc) is 3.00. The zero-order valence-electron chi connectivity index (χ0n) is 14.2. The van der Waals surface area contributed by atoms with E-state index in [1.807, 2.05) is 12.1 Å². The van der Waals surface area contributed by atoms with Gasteiger partial charge in [-0.3, -0.25) is 0 Å². The second-order valence-electron chi connectivity index (χ2n) is 5.36. The van der Waals surface area contributed by atoms with Gasteiger partial charge in [0.2, 0.25) is 5.90 Å². The summed E-state index contributed by atoms with van der Waals surface area (Å²) in [5, 5.41) is 0.657. The van der Waals surface area contributed by atoms with E-state index in [-0.39, 0.29) is 11.6 Å². The van der Waals surface area contributed by atoms with E-state index in [0.29, 0.717) is 22.1 Å². The highest BCUT2D eigenvalue weighted by atomic mass is 35.5. The normalized spacial score (nSPS) is 15.3. The van der Waals surface area contributed by atoms with Crippen LogP contribution in [-0.2, 0) is 9.53 Å². The van der Waals surface area contributed by atoms with Crippen LogP contribution >= 0.6 is 11.6 Å². The van der Waals surface area contributed by atoms with E-state index in [4.69, 9.17) is 25.8 Å². The van der Waals surface area contributed by atoms with E-state index in [9.17, 15) is 4.79 Å². The van der Waals surface area contributed by atoms with Crippen LogP contribution in [0.2, 0.25) is 5.02 Å². The summed E-state index contributed by atoms with van der Waals surface area (Å²) in [6, 6.07) is 12.6. The van der Waals surface area contributed by atoms with Gasteiger partial charge in [0.15, 0.2) is 5.70 Å². The molecular weight excluding hydrogens is 354 g/mol. The van der Waals surface area contributed by atoms with Crippen molar-refractivity contribution in [2.75, 3.05) is 14.2 Å². The molecule has 0 amide bonds. The molecule has 26 heavy (non-hydrogen) atoms. The van der Waals surface area contributed by atoms with Crippen molar-refractivity contribution < 1.29 is 19.0 Å². The second kappa shape index (κ2) is 7.89. The summed E-state index contributed by atoms with van der Waals surface area (Å²) in [4.78, 5) is 16.3. The lowest BCUT2D eigenvalue weighted by molar-refractivity contribution is -0.129. The van der Waals surface area contributed by atoms with E-state index in [1.165, 1.54) is 0 Å². The fraction of sp³-hybridized carbons (Fsp3) is 0.100. The number of halogens is 1. The maximum Gasteiger partial charge on any atom is 0.363 e. The molecule has 0 radical (unpaired) electrons. The highest BCUT2D eigenvalue weighted by molar-refractivity contribution is 6.30. The fourth-order valence-electron chi connectivity index (χ4n) is 2.34. The Morgan fingerprint density at radius 1 is 1.04 bits per heavy atom. The summed E-state index contributed by atoms with van der Waals surface area (Å²) in [5.41, 5.74) is 1.78. The Labute approximate surface area is 156 Å². The molecular formula is C20H16ClNO4. The number of carbonyl (C=O) groups is 1. The standard InChI is InChI=1S/C20H16ClNO4/c1-24-16-8-9-18(25-2)14(11-16)12-17-20(23)26-19(22-17)10-5-13-3-6-15(21)7-4-13/h3-12H,1-2H3/b10-5+,17-12+. The lowest BCUT2D eigenvalue weighted by Crippen LogP contribution is -2.01. The molecule has 1 aliphatic rings. The molecule has 0 aliphatic carbocycles. The van der Waals surface area contributed by atoms with Gasteiger partial charge in [0.1, 0.15) is 11.5 Å². The van der Waals surface area contributed by atoms with E-state index in [0.717, 1.165) is 5.56 Å². The fourth-order valence-corrected chi connectivity index (χ4v) is 2.46. The van der Waals surface area contributed by atoms with Crippen molar-refractivity contribution in [2.45, 2.75) is 0 Å². The number of nitrogens with zero attached hydrogens (tertiary/aromatic N) is 1. The van der Waals surface area contributed by atoms with Crippen LogP contribution in [0, 0.1) is 0 Å². The van der Waals surface area contributed by atoms with Gasteiger partial charge in [0, 0.05) is 16.7 Å². The molecule has 6 heteroatoms. The van der Waals surface area contributed by atoms with Crippen molar-refractivity contribution in [1.29, 1.82) is 0 Å². The first kappa shape index (κ1) is 17.8. The van der Waals surface area contributed by atoms with Gasteiger partial charge >= 0.3 is 5.97 Å². The number of ether oxygens (including phenoxy) is 3. The molecule has 2 aromatic rings. The van der Waals surface area contributed by atoms with Gasteiger partial charge in [-0.15, -0.1) is 0 Å². The molecule has 2 aromatic carbocycles. The zero-order valence-corrected chi connectivity index (χ0v) is 15.0. The first-order valence-corrected chi connectivity index (χ1v) is 8.15. The van der Waals surface area contributed by atoms with Crippen molar-refractivity contribution in [1.82, 2.24) is 0 Å². The van der Waals surface area contributed by atoms with Crippen molar-refractivity contribution in [3.8, 4) is 11.5 Å². The lowest BCUT2D eigenvalue weighted by atomic mass is 10.1. The highest BCUT2D eigenvalue weighted by Crippen LogP contribution is 2.27. The van der Waals surface area contributed by atoms with Crippen molar-refractivity contribution in [2.24, 2.45) is 4.99 Å². The number of cyclic esters (lactones) is 1. The molecule has 0 spiro atoms. The first-order valence-electron chi connectivity index (χ1n) is 7.77. The number of carbonyl (C=O) groups excluding carboxylic acids is 1. The Bertz CT molecular complexity index is 914. The van der Waals surface area contributed by atoms with E-state index in [1.54, 1.807) is 62.8 Å². The van der Waals surface area contributed by atoms with E-state index in [2.05, 4.69) is 4.99 Å². The lowest BCUT2D eigenvalue weighted by Gasteiger charge is -2.07. The van der Waals surface area contributed by atoms with Gasteiger partial charge in [-0.1, -0.05) is 23.7 Å². The molecule has 0 bridgehead atoms. The monoisotopic (exact) mass is 369 g/mol. The Hall–Kier alpha value is -3.05. The van der Waals surface area contributed by atoms with Gasteiger partial charge in [-0.2, -0.15) is 0 Å². The molecule has 1 aliphatic heterocycles. The number of hydrogen-bond acceptors (Lipinski definition) is 5. The number of rotatable bonds is 5. The molecule has 0 fully saturated rings. The van der Waals surface area contributed by atoms with Crippen molar-refractivity contribution in [3.63, 3.8) is 0 Å². The van der Waals surface area contributed by atoms with Gasteiger partial charge in [-0.25, -0.2) is 9.79 Å². The number of hydrogen-bond donors (Lipinski definition) is 0. The predicted octanol–water partition coefficient (Wildman–Crippen LogP) is 4.37. The third-order valence-electron chi connectivity index (χ3n) is 3.65. The Balaban J connectivity index is 1.86. The average molecular weight is 370 g/mol. The summed E-state index contributed by atoms with van der Waals surface area (Å²) < 4.78 is 15.7. The minimum absolute atomic E-state index is 0.187. The van der Waals surface area contributed by atoms with Crippen molar-refractivity contribution in [3.05, 3.63) is 70.4 Å². The molecule has 0 aromatic heterocycles. The second-order valence-corrected chi connectivity index (χ2v) is 5.80. The summed E-state index contributed by atoms with van der Waals surface area (Å²) in [7, 11) is 3.13. The molecule has 3 rings (SSSR count). The molecule has 0 atom stereocenters. The quantitative estimate of drug-likeness (QED) is 0.580. The van der Waals surface area contributed by atoms with Crippen LogP contribution in [0.4, 0.5) is 0 Å². The minimum Gasteiger partial charge on any atom is -0.497 e. The SMILES string of the molecule is COc1ccc(OC)c(/C=C2N=C(/C=C/c3ccc(Cl)cc3)OC/2=O)c1. The Kier molecular flexibility index (Phi) is 5.39. The van der Waals surface area contributed by atoms with E-state index < -0.39 is 5.97 Å². The van der Waals surface area contributed by atoms with Gasteiger partial charge in [0.25, 0.3) is 0 Å². The first-order chi connectivity index (χ1) is 12.6. The summed E-state index contributed by atoms with van der Waals surface area (Å²) >= 11 is 5.86. The summed E-state index contributed by atoms with van der Waals surface area (Å²) in [6.07, 6.45) is 5.02. The Morgan fingerprint density at radius 2 is 1.81 bits per heavy atom. The maximum atomic E-state index is 12.1. The van der Waals surface area contributed by atoms with Crippen LogP contribution in [0.3, 0.4) is 0 Å². The van der Waals surface area contributed by atoms with E-state index >= 15 is 0 Å². The topological polar surface area (TPSA) is 57.1 Å². The van der Waals surface area contributed by atoms with Crippen LogP contribution in [0.15, 0.2) is 59.2 Å². The summed E-state index contributed by atoms with van der Waals surface area (Å²) in [5.74, 6) is 0.950. The molecule has 1 heterocycles. The van der Waals surface area contributed by atoms with Crippen LogP contribution in [0.1, 0.15) is 11.1 Å². The van der Waals surface area contributed by atoms with Gasteiger partial charge < -0.3 is 14.2 Å². The summed E-state index contributed by atoms with van der Waals surface area (Å²) in [6.45, 7) is 0. The third kappa shape index (κ3) is 4.13. The number of benzene rings is 2. The minimum atomic E-state index is -0.523. The van der Waals surface area contributed by atoms with Crippen molar-refractivity contribution >= 4 is 35.6 Å². The number of esters is 1. The zero-order chi connectivity index (χ0) is 18.5. The smallest absolute Gasteiger partial charge is 0.363 e. The molecule has 0 N–H and O–H groups in total. The van der Waals surface area contributed by atoms with Gasteiger partial charge in [-0.05, 0) is 48.0 Å². The predicted molar refractivity (Wildman–Crippen MR) is 102 cm³/mol. The molecule has 132 valence electrons. The number of methoxy groups -OCH3 is 2. The molecule has 0 unspecified atom stereocenters. The van der Waals surface area contributed by atoms with Gasteiger partial charge in [0.05, 0.1) is 14.2 Å². The molecule has 0 saturated carbocycles.